The summed E-state index contributed by atoms with van der Waals surface area (Å²) in [7, 11) is 0. The summed E-state index contributed by atoms with van der Waals surface area (Å²) in [6.07, 6.45) is 0.260. The lowest BCUT2D eigenvalue weighted by molar-refractivity contribution is -0.125. The molecule has 3 rings (SSSR count). The molecule has 2 amide bonds. The molecule has 0 spiro atoms. The van der Waals surface area contributed by atoms with Crippen LogP contribution < -0.4 is 10.2 Å². The average Bonchev–Trinajstić information content (AvgIpc) is 3.17. The van der Waals surface area contributed by atoms with Crippen molar-refractivity contribution in [1.29, 1.82) is 0 Å². The van der Waals surface area contributed by atoms with Gasteiger partial charge in [-0.3, -0.25) is 14.6 Å². The third-order valence-electron chi connectivity index (χ3n) is 4.16. The third-order valence-corrected chi connectivity index (χ3v) is 5.05. The van der Waals surface area contributed by atoms with Gasteiger partial charge in [0.1, 0.15) is 0 Å². The molecule has 0 aliphatic carbocycles. The lowest BCUT2D eigenvalue weighted by Gasteiger charge is -2.18. The number of thioether (sulfide) groups is 1. The largest absolute Gasteiger partial charge is 0.312 e. The highest BCUT2D eigenvalue weighted by molar-refractivity contribution is 8.14. The Kier molecular flexibility index (Phi) is 4.71. The second kappa shape index (κ2) is 6.74. The van der Waals surface area contributed by atoms with Crippen LogP contribution in [0.3, 0.4) is 0 Å². The van der Waals surface area contributed by atoms with E-state index in [-0.39, 0.29) is 24.2 Å². The number of amides is 2. The standard InChI is InChI=1S/C17H21N3O2S/c1-11(2)12-4-3-5-14(8-12)20-10-13(9-15(20)21)16(22)19-17-18-6-7-23-17/h3-5,8,11,13H,6-7,9-10H2,1-2H3,(H,18,19,22). The van der Waals surface area contributed by atoms with Crippen LogP contribution in [0.1, 0.15) is 31.7 Å². The predicted molar refractivity (Wildman–Crippen MR) is 93.9 cm³/mol. The summed E-state index contributed by atoms with van der Waals surface area (Å²) in [5.74, 6) is 0.909. The molecule has 23 heavy (non-hydrogen) atoms. The molecular weight excluding hydrogens is 310 g/mol. The molecule has 1 aromatic rings. The van der Waals surface area contributed by atoms with Crippen LogP contribution in [0.4, 0.5) is 5.69 Å². The van der Waals surface area contributed by atoms with Gasteiger partial charge in [-0.05, 0) is 23.6 Å². The topological polar surface area (TPSA) is 61.8 Å². The zero-order valence-corrected chi connectivity index (χ0v) is 14.2. The van der Waals surface area contributed by atoms with Crippen molar-refractivity contribution < 1.29 is 9.59 Å². The van der Waals surface area contributed by atoms with Gasteiger partial charge < -0.3 is 10.2 Å². The highest BCUT2D eigenvalue weighted by atomic mass is 32.2. The first-order valence-electron chi connectivity index (χ1n) is 7.93. The molecule has 1 fully saturated rings. The van der Waals surface area contributed by atoms with Crippen LogP contribution in [0.15, 0.2) is 29.3 Å². The van der Waals surface area contributed by atoms with Crippen molar-refractivity contribution in [3.05, 3.63) is 29.8 Å². The lowest BCUT2D eigenvalue weighted by atomic mass is 10.0. The fourth-order valence-electron chi connectivity index (χ4n) is 2.80. The summed E-state index contributed by atoms with van der Waals surface area (Å²) >= 11 is 1.55. The lowest BCUT2D eigenvalue weighted by Crippen LogP contribution is -2.35. The summed E-state index contributed by atoms with van der Waals surface area (Å²) in [6, 6.07) is 8.00. The normalized spacial score (nSPS) is 21.0. The Bertz CT molecular complexity index is 657. The summed E-state index contributed by atoms with van der Waals surface area (Å²) in [5.41, 5.74) is 2.07. The molecule has 5 nitrogen and oxygen atoms in total. The Morgan fingerprint density at radius 2 is 2.26 bits per heavy atom. The molecule has 122 valence electrons. The molecule has 1 N–H and O–H groups in total. The van der Waals surface area contributed by atoms with Crippen LogP contribution in [0.2, 0.25) is 0 Å². The molecule has 0 radical (unpaired) electrons. The van der Waals surface area contributed by atoms with E-state index in [4.69, 9.17) is 0 Å². The molecule has 0 saturated carbocycles. The molecule has 1 saturated heterocycles. The number of nitrogens with one attached hydrogen (secondary N) is 1. The maximum absolute atomic E-state index is 12.3. The van der Waals surface area contributed by atoms with Crippen molar-refractivity contribution in [3.8, 4) is 0 Å². The predicted octanol–water partition coefficient (Wildman–Crippen LogP) is 2.38. The quantitative estimate of drug-likeness (QED) is 0.925. The zero-order chi connectivity index (χ0) is 16.4. The van der Waals surface area contributed by atoms with E-state index >= 15 is 0 Å². The van der Waals surface area contributed by atoms with Crippen molar-refractivity contribution in [3.63, 3.8) is 0 Å². The number of carbonyl (C=O) groups excluding carboxylic acids is 2. The first-order chi connectivity index (χ1) is 11.0. The highest BCUT2D eigenvalue weighted by Crippen LogP contribution is 2.28. The minimum Gasteiger partial charge on any atom is -0.312 e. The van der Waals surface area contributed by atoms with Crippen LogP contribution in [0.5, 0.6) is 0 Å². The van der Waals surface area contributed by atoms with Gasteiger partial charge in [0.2, 0.25) is 11.8 Å². The van der Waals surface area contributed by atoms with E-state index < -0.39 is 0 Å². The fourth-order valence-corrected chi connectivity index (χ4v) is 3.53. The second-order valence-electron chi connectivity index (χ2n) is 6.18. The minimum absolute atomic E-state index is 0.00655. The Hall–Kier alpha value is -1.82. The smallest absolute Gasteiger partial charge is 0.231 e. The molecule has 2 aliphatic rings. The number of nitrogens with zero attached hydrogens (tertiary/aromatic N) is 2. The summed E-state index contributed by atoms with van der Waals surface area (Å²) in [6.45, 7) is 5.43. The Balaban J connectivity index is 1.69. The van der Waals surface area contributed by atoms with Crippen LogP contribution in [-0.2, 0) is 9.59 Å². The van der Waals surface area contributed by atoms with Gasteiger partial charge in [-0.2, -0.15) is 0 Å². The fraction of sp³-hybridized carbons (Fsp3) is 0.471. The molecule has 0 aromatic heterocycles. The van der Waals surface area contributed by atoms with Gasteiger partial charge in [-0.15, -0.1) is 0 Å². The van der Waals surface area contributed by atoms with Crippen LogP contribution in [0.25, 0.3) is 0 Å². The number of rotatable bonds is 3. The minimum atomic E-state index is -0.311. The highest BCUT2D eigenvalue weighted by Gasteiger charge is 2.35. The van der Waals surface area contributed by atoms with Crippen molar-refractivity contribution >= 4 is 34.4 Å². The zero-order valence-electron chi connectivity index (χ0n) is 13.4. The maximum atomic E-state index is 12.3. The molecule has 2 aliphatic heterocycles. The van der Waals surface area contributed by atoms with Crippen LogP contribution >= 0.6 is 11.8 Å². The first-order valence-corrected chi connectivity index (χ1v) is 8.91. The number of amidine groups is 1. The van der Waals surface area contributed by atoms with Gasteiger partial charge in [0.15, 0.2) is 5.17 Å². The molecule has 2 heterocycles. The summed E-state index contributed by atoms with van der Waals surface area (Å²) in [5, 5.41) is 3.52. The summed E-state index contributed by atoms with van der Waals surface area (Å²) < 4.78 is 0. The third kappa shape index (κ3) is 3.58. The molecule has 0 bridgehead atoms. The number of hydrogen-bond donors (Lipinski definition) is 1. The Morgan fingerprint density at radius 1 is 1.43 bits per heavy atom. The average molecular weight is 331 g/mol. The molecule has 6 heteroatoms. The second-order valence-corrected chi connectivity index (χ2v) is 7.26. The van der Waals surface area contributed by atoms with Crippen molar-refractivity contribution in [2.45, 2.75) is 26.2 Å². The van der Waals surface area contributed by atoms with Gasteiger partial charge in [0, 0.05) is 24.4 Å². The van der Waals surface area contributed by atoms with E-state index in [0.29, 0.717) is 17.6 Å². The SMILES string of the molecule is CC(C)c1cccc(N2CC(C(=O)NC3=NCCS3)CC2=O)c1. The van der Waals surface area contributed by atoms with Crippen molar-refractivity contribution in [2.75, 3.05) is 23.7 Å². The van der Waals surface area contributed by atoms with Gasteiger partial charge in [0.25, 0.3) is 0 Å². The molecular formula is C17H21N3O2S. The number of anilines is 1. The molecule has 1 aromatic carbocycles. The molecule has 1 unspecified atom stereocenters. The number of aliphatic imine (C=N–C) groups is 1. The number of benzene rings is 1. The van der Waals surface area contributed by atoms with Crippen molar-refractivity contribution in [1.82, 2.24) is 5.32 Å². The van der Waals surface area contributed by atoms with E-state index in [1.54, 1.807) is 16.7 Å². The Labute approximate surface area is 140 Å². The van der Waals surface area contributed by atoms with E-state index in [1.807, 2.05) is 18.2 Å². The van der Waals surface area contributed by atoms with Gasteiger partial charge >= 0.3 is 0 Å². The Morgan fingerprint density at radius 3 is 2.96 bits per heavy atom. The van der Waals surface area contributed by atoms with E-state index in [2.05, 4.69) is 30.2 Å². The van der Waals surface area contributed by atoms with Crippen LogP contribution in [-0.4, -0.2) is 35.8 Å². The van der Waals surface area contributed by atoms with Crippen molar-refractivity contribution in [2.24, 2.45) is 10.9 Å². The van der Waals surface area contributed by atoms with Crippen LogP contribution in [0, 0.1) is 5.92 Å². The number of hydrogen-bond acceptors (Lipinski definition) is 4. The summed E-state index contributed by atoms with van der Waals surface area (Å²) in [4.78, 5) is 30.6. The number of carbonyl (C=O) groups is 2. The molecule has 1 atom stereocenters. The van der Waals surface area contributed by atoms with E-state index in [9.17, 15) is 9.59 Å². The first kappa shape index (κ1) is 16.1. The maximum Gasteiger partial charge on any atom is 0.231 e. The van der Waals surface area contributed by atoms with Gasteiger partial charge in [-0.1, -0.05) is 37.7 Å². The van der Waals surface area contributed by atoms with Gasteiger partial charge in [0.05, 0.1) is 12.5 Å². The van der Waals surface area contributed by atoms with E-state index in [1.165, 1.54) is 5.56 Å². The van der Waals surface area contributed by atoms with E-state index in [0.717, 1.165) is 18.0 Å². The monoisotopic (exact) mass is 331 g/mol. The van der Waals surface area contributed by atoms with Gasteiger partial charge in [-0.25, -0.2) is 0 Å².